The van der Waals surface area contributed by atoms with Crippen LogP contribution >= 0.6 is 7.82 Å². The number of hydrogen-bond acceptors (Lipinski definition) is 5. The SMILES string of the molecule is CCCCCCCCCCCCC/C=C\C/C=C\CCCCCCCCCCCCCCCCCCCC(=O)NC(COP(=O)(O)OCC[N+](C)(C)C)C(O)/C=C/CC/C=C/CC/C=C/CCCCCCCCCCCCCCCCC. The molecule has 0 radical (unpaired) electrons. The largest absolute Gasteiger partial charge is 0.472 e. The fraction of sp³-hybridized carbons (Fsp3) is 0.849. The topological polar surface area (TPSA) is 105 Å². The fourth-order valence-electron chi connectivity index (χ4n) is 10.6. The van der Waals surface area contributed by atoms with E-state index in [-0.39, 0.29) is 19.1 Å². The summed E-state index contributed by atoms with van der Waals surface area (Å²) in [5.74, 6) is -0.187. The van der Waals surface area contributed by atoms with E-state index in [1.54, 1.807) is 6.08 Å². The second kappa shape index (κ2) is 63.7. The van der Waals surface area contributed by atoms with Gasteiger partial charge in [-0.2, -0.15) is 0 Å². The van der Waals surface area contributed by atoms with Crippen LogP contribution in [0, 0.1) is 0 Å². The molecule has 9 heteroatoms. The van der Waals surface area contributed by atoms with Gasteiger partial charge in [-0.1, -0.05) is 325 Å². The lowest BCUT2D eigenvalue weighted by Gasteiger charge is -2.25. The Bertz CT molecular complexity index is 1520. The number of quaternary nitrogens is 1. The number of phosphoric ester groups is 1. The molecule has 482 valence electrons. The monoisotopic (exact) mass is 1170 g/mol. The number of unbranched alkanes of at least 4 members (excludes halogenated alkanes) is 45. The maximum Gasteiger partial charge on any atom is 0.472 e. The van der Waals surface area contributed by atoms with Gasteiger partial charge in [0, 0.05) is 6.42 Å². The van der Waals surface area contributed by atoms with Crippen molar-refractivity contribution in [2.24, 2.45) is 0 Å². The Morgan fingerprint density at radius 2 is 0.707 bits per heavy atom. The molecule has 1 amide bonds. The van der Waals surface area contributed by atoms with Crippen molar-refractivity contribution in [3.8, 4) is 0 Å². The van der Waals surface area contributed by atoms with Crippen molar-refractivity contribution < 1.29 is 32.9 Å². The molecule has 0 aromatic heterocycles. The molecule has 0 aromatic rings. The molecule has 0 saturated heterocycles. The molecule has 8 nitrogen and oxygen atoms in total. The van der Waals surface area contributed by atoms with Gasteiger partial charge in [0.1, 0.15) is 13.2 Å². The highest BCUT2D eigenvalue weighted by Gasteiger charge is 2.28. The molecule has 0 bridgehead atoms. The van der Waals surface area contributed by atoms with Crippen LogP contribution in [-0.4, -0.2) is 73.4 Å². The van der Waals surface area contributed by atoms with Crippen molar-refractivity contribution in [2.75, 3.05) is 40.9 Å². The molecule has 3 unspecified atom stereocenters. The number of allylic oxidation sites excluding steroid dienone is 9. The summed E-state index contributed by atoms with van der Waals surface area (Å²) in [5, 5.41) is 14.0. The Kier molecular flexibility index (Phi) is 62.3. The van der Waals surface area contributed by atoms with Crippen molar-refractivity contribution in [1.82, 2.24) is 5.32 Å². The van der Waals surface area contributed by atoms with Gasteiger partial charge in [0.05, 0.1) is 39.9 Å². The molecule has 0 rings (SSSR count). The average molecular weight is 1170 g/mol. The van der Waals surface area contributed by atoms with Crippen LogP contribution in [0.1, 0.15) is 348 Å². The van der Waals surface area contributed by atoms with E-state index in [1.807, 2.05) is 27.2 Å². The number of nitrogens with one attached hydrogen (secondary N) is 1. The van der Waals surface area contributed by atoms with E-state index in [1.165, 1.54) is 276 Å². The molecule has 82 heavy (non-hydrogen) atoms. The number of aliphatic hydroxyl groups is 1. The zero-order chi connectivity index (χ0) is 59.8. The van der Waals surface area contributed by atoms with Crippen molar-refractivity contribution >= 4 is 13.7 Å². The molecule has 0 aliphatic rings. The van der Waals surface area contributed by atoms with E-state index in [2.05, 4.69) is 67.8 Å². The number of likely N-dealkylation sites (N-methyl/N-ethyl adjacent to an activating group) is 1. The van der Waals surface area contributed by atoms with Gasteiger partial charge in [0.25, 0.3) is 0 Å². The Balaban J connectivity index is 4.08. The van der Waals surface area contributed by atoms with Crippen molar-refractivity contribution in [3.05, 3.63) is 60.8 Å². The molecule has 3 atom stereocenters. The summed E-state index contributed by atoms with van der Waals surface area (Å²) in [5.41, 5.74) is 0. The summed E-state index contributed by atoms with van der Waals surface area (Å²) in [7, 11) is 1.55. The molecular formula is C73H140N2O6P+. The third-order valence-corrected chi connectivity index (χ3v) is 17.2. The highest BCUT2D eigenvalue weighted by Crippen LogP contribution is 2.43. The number of carbonyl (C=O) groups excluding carboxylic acids is 1. The van der Waals surface area contributed by atoms with E-state index in [4.69, 9.17) is 9.05 Å². The van der Waals surface area contributed by atoms with E-state index in [0.29, 0.717) is 17.4 Å². The number of aliphatic hydroxyl groups excluding tert-OH is 1. The van der Waals surface area contributed by atoms with Crippen LogP contribution in [0.2, 0.25) is 0 Å². The summed E-state index contributed by atoms with van der Waals surface area (Å²) >= 11 is 0. The van der Waals surface area contributed by atoms with Gasteiger partial charge in [-0.05, 0) is 77.0 Å². The van der Waals surface area contributed by atoms with Crippen LogP contribution in [0.5, 0.6) is 0 Å². The van der Waals surface area contributed by atoms with E-state index in [9.17, 15) is 19.4 Å². The molecule has 0 aliphatic carbocycles. The molecule has 0 aliphatic heterocycles. The predicted molar refractivity (Wildman–Crippen MR) is 360 cm³/mol. The first-order valence-electron chi connectivity index (χ1n) is 35.7. The maximum atomic E-state index is 13.0. The minimum absolute atomic E-state index is 0.0532. The average Bonchev–Trinajstić information content (AvgIpc) is 3.45. The summed E-state index contributed by atoms with van der Waals surface area (Å²) < 4.78 is 23.8. The lowest BCUT2D eigenvalue weighted by Crippen LogP contribution is -2.45. The number of hydrogen-bond donors (Lipinski definition) is 3. The van der Waals surface area contributed by atoms with Gasteiger partial charge in [0.15, 0.2) is 0 Å². The molecular weight excluding hydrogens is 1030 g/mol. The molecule has 0 aromatic carbocycles. The molecule has 0 saturated carbocycles. The fourth-order valence-corrected chi connectivity index (χ4v) is 11.4. The van der Waals surface area contributed by atoms with Gasteiger partial charge >= 0.3 is 7.82 Å². The first-order chi connectivity index (χ1) is 40.0. The molecule has 0 fully saturated rings. The zero-order valence-corrected chi connectivity index (χ0v) is 56.1. The van der Waals surface area contributed by atoms with E-state index < -0.39 is 20.0 Å². The summed E-state index contributed by atoms with van der Waals surface area (Å²) in [4.78, 5) is 23.4. The van der Waals surface area contributed by atoms with Crippen LogP contribution in [0.25, 0.3) is 0 Å². The first-order valence-corrected chi connectivity index (χ1v) is 37.2. The van der Waals surface area contributed by atoms with Gasteiger partial charge in [-0.15, -0.1) is 0 Å². The van der Waals surface area contributed by atoms with Crippen LogP contribution in [0.3, 0.4) is 0 Å². The van der Waals surface area contributed by atoms with Gasteiger partial charge in [0.2, 0.25) is 5.91 Å². The second-order valence-corrected chi connectivity index (χ2v) is 27.0. The van der Waals surface area contributed by atoms with Gasteiger partial charge < -0.3 is 19.8 Å². The minimum Gasteiger partial charge on any atom is -0.387 e. The van der Waals surface area contributed by atoms with Crippen molar-refractivity contribution in [1.29, 1.82) is 0 Å². The standard InChI is InChI=1S/C73H139N2O6P/c1-6-8-10-12-14-16-18-20-22-24-26-28-30-32-33-34-35-36-37-38-39-40-41-43-45-47-49-51-53-55-57-59-61-63-65-67-73(77)74-71(70-81-82(78,79)80-69-68-75(3,4)5)72(76)66-64-62-60-58-56-54-52-50-48-46-44-42-31-29-27-25-23-21-19-17-15-13-11-9-7-2/h30,32,34-35,48,50,56,58,64,66,71-72,76H,6-29,31,33,36-47,49,51-55,57,59-63,65,67-70H2,1-5H3,(H-,74,77,78,79)/p+1/b32-30-,35-34-,50-48+,58-56+,66-64+. The summed E-state index contributed by atoms with van der Waals surface area (Å²) in [6.45, 7) is 4.83. The number of carbonyl (C=O) groups is 1. The lowest BCUT2D eigenvalue weighted by molar-refractivity contribution is -0.870. The summed E-state index contributed by atoms with van der Waals surface area (Å²) in [6.07, 6.45) is 88.1. The highest BCUT2D eigenvalue weighted by molar-refractivity contribution is 7.47. The summed E-state index contributed by atoms with van der Waals surface area (Å²) in [6, 6.07) is -0.873. The minimum atomic E-state index is -4.37. The Labute approximate surface area is 511 Å². The van der Waals surface area contributed by atoms with Gasteiger partial charge in [-0.25, -0.2) is 4.57 Å². The number of nitrogens with zero attached hydrogens (tertiary/aromatic N) is 1. The Morgan fingerprint density at radius 3 is 1.05 bits per heavy atom. The van der Waals surface area contributed by atoms with Crippen LogP contribution in [0.4, 0.5) is 0 Å². The van der Waals surface area contributed by atoms with E-state index >= 15 is 0 Å². The lowest BCUT2D eigenvalue weighted by atomic mass is 10.0. The van der Waals surface area contributed by atoms with E-state index in [0.717, 1.165) is 51.4 Å². The Morgan fingerprint density at radius 1 is 0.415 bits per heavy atom. The second-order valence-electron chi connectivity index (χ2n) is 25.6. The molecule has 0 heterocycles. The zero-order valence-electron chi connectivity index (χ0n) is 55.2. The number of rotatable bonds is 66. The smallest absolute Gasteiger partial charge is 0.387 e. The third kappa shape index (κ3) is 65.7. The first kappa shape index (κ1) is 80.2. The molecule has 0 spiro atoms. The highest BCUT2D eigenvalue weighted by atomic mass is 31.2. The van der Waals surface area contributed by atoms with Crippen LogP contribution in [0.15, 0.2) is 60.8 Å². The quantitative estimate of drug-likeness (QED) is 0.0243. The van der Waals surface area contributed by atoms with Crippen molar-refractivity contribution in [3.63, 3.8) is 0 Å². The van der Waals surface area contributed by atoms with Crippen LogP contribution < -0.4 is 5.32 Å². The Hall–Kier alpha value is -1.80. The molecule has 3 N–H and O–H groups in total. The third-order valence-electron chi connectivity index (χ3n) is 16.2. The normalized spacial score (nSPS) is 14.0. The van der Waals surface area contributed by atoms with Gasteiger partial charge in [-0.3, -0.25) is 13.8 Å². The number of phosphoric acid groups is 1. The number of amides is 1. The van der Waals surface area contributed by atoms with Crippen molar-refractivity contribution in [2.45, 2.75) is 360 Å². The predicted octanol–water partition coefficient (Wildman–Crippen LogP) is 22.8. The van der Waals surface area contributed by atoms with Crippen LogP contribution in [-0.2, 0) is 18.4 Å². The maximum absolute atomic E-state index is 13.0.